The third kappa shape index (κ3) is 7.45. The first kappa shape index (κ1) is 28.3. The van der Waals surface area contributed by atoms with Crippen LogP contribution < -0.4 is 10.6 Å². The molecule has 1 aliphatic heterocycles. The first-order valence-electron chi connectivity index (χ1n) is 13.4. The van der Waals surface area contributed by atoms with E-state index >= 15 is 0 Å². The number of aryl methyl sites for hydroxylation is 2. The smallest absolute Gasteiger partial charge is 0.407 e. The standard InChI is InChI=1S/C28H39N7O4/c1-6-35-23(18-20(2)32-35)25(36)31-26-30-22-11-9-10-21(19-33-14-16-38-17-15-33)24(22)34(26)13-8-7-12-29-27(37)39-28(3,4)5/h7-11,18H,6,12-17,19H2,1-5H3,(H,29,37)(H,30,31,36)/b8-7+. The highest BCUT2D eigenvalue weighted by atomic mass is 16.6. The zero-order chi connectivity index (χ0) is 28.0. The fourth-order valence-electron chi connectivity index (χ4n) is 4.52. The number of anilines is 1. The zero-order valence-electron chi connectivity index (χ0n) is 23.5. The van der Waals surface area contributed by atoms with Crippen molar-refractivity contribution in [3.8, 4) is 0 Å². The lowest BCUT2D eigenvalue weighted by molar-refractivity contribution is 0.0343. The van der Waals surface area contributed by atoms with E-state index in [1.54, 1.807) is 10.7 Å². The molecule has 1 aliphatic rings. The molecule has 2 aromatic heterocycles. The maximum atomic E-state index is 13.3. The maximum absolute atomic E-state index is 13.3. The van der Waals surface area contributed by atoms with Gasteiger partial charge in [-0.05, 0) is 52.3 Å². The largest absolute Gasteiger partial charge is 0.444 e. The third-order valence-corrected chi connectivity index (χ3v) is 6.23. The molecule has 2 amide bonds. The predicted molar refractivity (Wildman–Crippen MR) is 150 cm³/mol. The number of hydrogen-bond donors (Lipinski definition) is 2. The van der Waals surface area contributed by atoms with Crippen LogP contribution in [0, 0.1) is 6.92 Å². The molecule has 1 aromatic carbocycles. The van der Waals surface area contributed by atoms with Gasteiger partial charge in [0.1, 0.15) is 11.3 Å². The fourth-order valence-corrected chi connectivity index (χ4v) is 4.52. The number of morpholine rings is 1. The number of ether oxygens (including phenoxy) is 2. The van der Waals surface area contributed by atoms with Crippen LogP contribution in [0.25, 0.3) is 11.0 Å². The van der Waals surface area contributed by atoms with Gasteiger partial charge in [-0.25, -0.2) is 9.78 Å². The summed E-state index contributed by atoms with van der Waals surface area (Å²) in [4.78, 5) is 32.4. The number of rotatable bonds is 9. The van der Waals surface area contributed by atoms with E-state index in [4.69, 9.17) is 14.5 Å². The molecule has 0 bridgehead atoms. The van der Waals surface area contributed by atoms with Gasteiger partial charge in [-0.1, -0.05) is 24.3 Å². The van der Waals surface area contributed by atoms with Gasteiger partial charge in [-0.15, -0.1) is 0 Å². The van der Waals surface area contributed by atoms with Crippen LogP contribution >= 0.6 is 0 Å². The van der Waals surface area contributed by atoms with Crippen molar-refractivity contribution in [3.63, 3.8) is 0 Å². The van der Waals surface area contributed by atoms with Gasteiger partial charge in [0.15, 0.2) is 0 Å². The van der Waals surface area contributed by atoms with Crippen LogP contribution in [0.5, 0.6) is 0 Å². The Kier molecular flexibility index (Phi) is 9.03. The summed E-state index contributed by atoms with van der Waals surface area (Å²) in [6.45, 7) is 14.6. The van der Waals surface area contributed by atoms with Crippen molar-refractivity contribution in [1.29, 1.82) is 0 Å². The topological polar surface area (TPSA) is 116 Å². The van der Waals surface area contributed by atoms with E-state index < -0.39 is 11.7 Å². The van der Waals surface area contributed by atoms with Crippen molar-refractivity contribution in [3.05, 3.63) is 53.4 Å². The Labute approximate surface area is 229 Å². The van der Waals surface area contributed by atoms with Crippen molar-refractivity contribution in [1.82, 2.24) is 29.5 Å². The molecule has 0 unspecified atom stereocenters. The molecule has 39 heavy (non-hydrogen) atoms. The molecule has 0 spiro atoms. The summed E-state index contributed by atoms with van der Waals surface area (Å²) in [5.74, 6) is 0.190. The van der Waals surface area contributed by atoms with Crippen LogP contribution in [0.15, 0.2) is 36.4 Å². The average Bonchev–Trinajstić information content (AvgIpc) is 3.43. The summed E-state index contributed by atoms with van der Waals surface area (Å²) < 4.78 is 14.5. The molecule has 2 N–H and O–H groups in total. The van der Waals surface area contributed by atoms with Crippen molar-refractivity contribution < 1.29 is 19.1 Å². The van der Waals surface area contributed by atoms with E-state index in [1.165, 1.54) is 0 Å². The zero-order valence-corrected chi connectivity index (χ0v) is 23.5. The second kappa shape index (κ2) is 12.4. The van der Waals surface area contributed by atoms with E-state index in [1.807, 2.05) is 63.5 Å². The lowest BCUT2D eigenvalue weighted by Gasteiger charge is -2.27. The monoisotopic (exact) mass is 537 g/mol. The first-order valence-corrected chi connectivity index (χ1v) is 13.4. The molecule has 1 saturated heterocycles. The summed E-state index contributed by atoms with van der Waals surface area (Å²) >= 11 is 0. The number of benzene rings is 1. The highest BCUT2D eigenvalue weighted by molar-refractivity contribution is 6.03. The van der Waals surface area contributed by atoms with Crippen molar-refractivity contribution in [2.75, 3.05) is 38.2 Å². The van der Waals surface area contributed by atoms with Crippen molar-refractivity contribution >= 4 is 29.0 Å². The van der Waals surface area contributed by atoms with E-state index in [2.05, 4.69) is 26.7 Å². The SMILES string of the molecule is CCn1nc(C)cc1C(=O)Nc1nc2cccc(CN3CCOCC3)c2n1C/C=C/CNC(=O)OC(C)(C)C. The Morgan fingerprint density at radius 2 is 1.95 bits per heavy atom. The van der Waals surface area contributed by atoms with Gasteiger partial charge in [0.2, 0.25) is 5.95 Å². The molecular weight excluding hydrogens is 498 g/mol. The summed E-state index contributed by atoms with van der Waals surface area (Å²) in [7, 11) is 0. The summed E-state index contributed by atoms with van der Waals surface area (Å²) in [5.41, 5.74) is 3.60. The molecule has 3 aromatic rings. The number of para-hydroxylation sites is 1. The highest BCUT2D eigenvalue weighted by Gasteiger charge is 2.21. The van der Waals surface area contributed by atoms with Gasteiger partial charge in [-0.2, -0.15) is 5.10 Å². The van der Waals surface area contributed by atoms with Crippen LogP contribution in [0.4, 0.5) is 10.7 Å². The summed E-state index contributed by atoms with van der Waals surface area (Å²) in [6, 6.07) is 7.83. The molecule has 4 rings (SSSR count). The van der Waals surface area contributed by atoms with Gasteiger partial charge < -0.3 is 19.4 Å². The molecule has 210 valence electrons. The number of nitrogens with one attached hydrogen (secondary N) is 2. The first-order chi connectivity index (χ1) is 18.6. The van der Waals surface area contributed by atoms with Crippen LogP contribution in [-0.2, 0) is 29.1 Å². The number of alkyl carbamates (subject to hydrolysis) is 1. The number of aromatic nitrogens is 4. The molecule has 1 fully saturated rings. The second-order valence-electron chi connectivity index (χ2n) is 10.5. The lowest BCUT2D eigenvalue weighted by atomic mass is 10.1. The van der Waals surface area contributed by atoms with Gasteiger partial charge in [-0.3, -0.25) is 19.7 Å². The number of hydrogen-bond acceptors (Lipinski definition) is 7. The van der Waals surface area contributed by atoms with Gasteiger partial charge in [0.05, 0.1) is 29.9 Å². The Morgan fingerprint density at radius 1 is 1.18 bits per heavy atom. The quantitative estimate of drug-likeness (QED) is 0.400. The Bertz CT molecular complexity index is 1330. The van der Waals surface area contributed by atoms with Crippen LogP contribution in [0.2, 0.25) is 0 Å². The molecule has 11 heteroatoms. The van der Waals surface area contributed by atoms with E-state index in [9.17, 15) is 9.59 Å². The third-order valence-electron chi connectivity index (χ3n) is 6.23. The normalized spacial score (nSPS) is 14.7. The highest BCUT2D eigenvalue weighted by Crippen LogP contribution is 2.26. The number of nitrogens with zero attached hydrogens (tertiary/aromatic N) is 5. The van der Waals surface area contributed by atoms with Crippen molar-refractivity contribution in [2.45, 2.75) is 59.9 Å². The van der Waals surface area contributed by atoms with Gasteiger partial charge >= 0.3 is 6.09 Å². The van der Waals surface area contributed by atoms with Gasteiger partial charge in [0, 0.05) is 39.3 Å². The number of imidazole rings is 1. The minimum atomic E-state index is -0.556. The Morgan fingerprint density at radius 3 is 2.67 bits per heavy atom. The summed E-state index contributed by atoms with van der Waals surface area (Å²) in [5, 5.41) is 10.1. The molecular formula is C28H39N7O4. The Hall–Kier alpha value is -3.70. The van der Waals surface area contributed by atoms with E-state index in [0.29, 0.717) is 44.5 Å². The minimum absolute atomic E-state index is 0.265. The number of carbonyl (C=O) groups is 2. The molecule has 0 atom stereocenters. The predicted octanol–water partition coefficient (Wildman–Crippen LogP) is 3.73. The molecule has 0 radical (unpaired) electrons. The molecule has 0 aliphatic carbocycles. The molecule has 0 saturated carbocycles. The maximum Gasteiger partial charge on any atom is 0.407 e. The Balaban J connectivity index is 1.59. The lowest BCUT2D eigenvalue weighted by Crippen LogP contribution is -2.35. The number of allylic oxidation sites excluding steroid dienone is 1. The number of fused-ring (bicyclic) bond motifs is 1. The van der Waals surface area contributed by atoms with E-state index in [0.717, 1.165) is 41.9 Å². The number of amides is 2. The van der Waals surface area contributed by atoms with Crippen LogP contribution in [-0.4, -0.2) is 74.7 Å². The van der Waals surface area contributed by atoms with Crippen LogP contribution in [0.1, 0.15) is 49.4 Å². The minimum Gasteiger partial charge on any atom is -0.444 e. The van der Waals surface area contributed by atoms with E-state index in [-0.39, 0.29) is 5.91 Å². The number of carbonyl (C=O) groups excluding carboxylic acids is 2. The fraction of sp³-hybridized carbons (Fsp3) is 0.500. The molecule has 11 nitrogen and oxygen atoms in total. The molecule has 3 heterocycles. The van der Waals surface area contributed by atoms with Gasteiger partial charge in [0.25, 0.3) is 5.91 Å². The second-order valence-corrected chi connectivity index (χ2v) is 10.5. The van der Waals surface area contributed by atoms with Crippen LogP contribution in [0.3, 0.4) is 0 Å². The van der Waals surface area contributed by atoms with Crippen molar-refractivity contribution in [2.24, 2.45) is 0 Å². The average molecular weight is 538 g/mol. The summed E-state index contributed by atoms with van der Waals surface area (Å²) in [6.07, 6.45) is 3.34.